The Kier molecular flexibility index (Phi) is 4.07. The van der Waals surface area contributed by atoms with Gasteiger partial charge in [0.1, 0.15) is 13.2 Å². The quantitative estimate of drug-likeness (QED) is 0.891. The van der Waals surface area contributed by atoms with Crippen LogP contribution in [0.1, 0.15) is 38.3 Å². The summed E-state index contributed by atoms with van der Waals surface area (Å²) in [5.74, 6) is 1.62. The summed E-state index contributed by atoms with van der Waals surface area (Å²) in [5.41, 5.74) is 1.03. The minimum Gasteiger partial charge on any atom is -0.486 e. The fourth-order valence-electron chi connectivity index (χ4n) is 1.95. The highest BCUT2D eigenvalue weighted by atomic mass is 16.6. The molecule has 0 radical (unpaired) electrons. The third kappa shape index (κ3) is 2.94. The van der Waals surface area contributed by atoms with Crippen LogP contribution in [0.15, 0.2) is 18.2 Å². The van der Waals surface area contributed by atoms with Crippen LogP contribution >= 0.6 is 0 Å². The number of carbonyl (C=O) groups excluding carboxylic acids is 1. The number of hydrogen-bond acceptors (Lipinski definition) is 3. The van der Waals surface area contributed by atoms with Crippen molar-refractivity contribution < 1.29 is 14.3 Å². The predicted octanol–water partition coefficient (Wildman–Crippen LogP) is 2.44. The molecule has 1 N–H and O–H groups in total. The van der Waals surface area contributed by atoms with E-state index in [2.05, 4.69) is 5.32 Å². The maximum atomic E-state index is 11.5. The summed E-state index contributed by atoms with van der Waals surface area (Å²) in [5, 5.41) is 2.97. The van der Waals surface area contributed by atoms with Crippen molar-refractivity contribution in [3.05, 3.63) is 23.8 Å². The van der Waals surface area contributed by atoms with Gasteiger partial charge in [-0.2, -0.15) is 0 Å². The lowest BCUT2D eigenvalue weighted by atomic mass is 10.1. The molecule has 1 atom stereocenters. The molecule has 0 aliphatic carbocycles. The number of nitrogens with one attached hydrogen (secondary N) is 1. The number of rotatable bonds is 4. The van der Waals surface area contributed by atoms with Gasteiger partial charge in [-0.05, 0) is 31.0 Å². The predicted molar refractivity (Wildman–Crippen MR) is 68.9 cm³/mol. The first kappa shape index (κ1) is 12.7. The summed E-state index contributed by atoms with van der Waals surface area (Å²) in [4.78, 5) is 11.5. The molecule has 1 aliphatic rings. The van der Waals surface area contributed by atoms with Crippen molar-refractivity contribution in [2.24, 2.45) is 0 Å². The van der Waals surface area contributed by atoms with Crippen LogP contribution in [-0.4, -0.2) is 19.1 Å². The Hall–Kier alpha value is -1.71. The monoisotopic (exact) mass is 249 g/mol. The number of carbonyl (C=O) groups is 1. The van der Waals surface area contributed by atoms with E-state index >= 15 is 0 Å². The molecule has 4 nitrogen and oxygen atoms in total. The first-order valence-electron chi connectivity index (χ1n) is 6.39. The Labute approximate surface area is 107 Å². The number of ether oxygens (including phenoxy) is 2. The van der Waals surface area contributed by atoms with Crippen molar-refractivity contribution in [3.63, 3.8) is 0 Å². The molecule has 0 saturated heterocycles. The number of fused-ring (bicyclic) bond motifs is 1. The van der Waals surface area contributed by atoms with Crippen molar-refractivity contribution in [2.75, 3.05) is 13.2 Å². The highest BCUT2D eigenvalue weighted by molar-refractivity contribution is 5.76. The van der Waals surface area contributed by atoms with Crippen LogP contribution in [0.2, 0.25) is 0 Å². The van der Waals surface area contributed by atoms with Crippen molar-refractivity contribution in [2.45, 2.75) is 32.7 Å². The standard InChI is InChI=1S/C14H19NO3/c1-3-4-14(16)15-10(2)11-5-6-12-13(9-11)18-8-7-17-12/h5-6,9-10H,3-4,7-8H2,1-2H3,(H,15,16). The Balaban J connectivity index is 2.06. The molecule has 4 heteroatoms. The van der Waals surface area contributed by atoms with Crippen LogP contribution < -0.4 is 14.8 Å². The number of amides is 1. The van der Waals surface area contributed by atoms with Gasteiger partial charge in [0.2, 0.25) is 5.91 Å². The summed E-state index contributed by atoms with van der Waals surface area (Å²) in [6.45, 7) is 5.13. The summed E-state index contributed by atoms with van der Waals surface area (Å²) in [6, 6.07) is 5.78. The molecule has 1 amide bonds. The molecule has 0 fully saturated rings. The zero-order chi connectivity index (χ0) is 13.0. The van der Waals surface area contributed by atoms with E-state index in [9.17, 15) is 4.79 Å². The molecule has 0 bridgehead atoms. The van der Waals surface area contributed by atoms with Crippen molar-refractivity contribution in [1.82, 2.24) is 5.32 Å². The first-order valence-corrected chi connectivity index (χ1v) is 6.39. The normalized spacial score (nSPS) is 15.0. The van der Waals surface area contributed by atoms with Gasteiger partial charge >= 0.3 is 0 Å². The molecule has 1 unspecified atom stereocenters. The summed E-state index contributed by atoms with van der Waals surface area (Å²) < 4.78 is 11.0. The van der Waals surface area contributed by atoms with Crippen LogP contribution in [0.4, 0.5) is 0 Å². The van der Waals surface area contributed by atoms with Crippen LogP contribution in [-0.2, 0) is 4.79 Å². The smallest absolute Gasteiger partial charge is 0.220 e. The maximum Gasteiger partial charge on any atom is 0.220 e. The van der Waals surface area contributed by atoms with E-state index in [0.717, 1.165) is 23.5 Å². The number of benzene rings is 1. The second-order valence-corrected chi connectivity index (χ2v) is 4.44. The van der Waals surface area contributed by atoms with E-state index in [-0.39, 0.29) is 11.9 Å². The molecule has 2 rings (SSSR count). The average Bonchev–Trinajstić information content (AvgIpc) is 2.38. The largest absolute Gasteiger partial charge is 0.486 e. The topological polar surface area (TPSA) is 47.6 Å². The van der Waals surface area contributed by atoms with Crippen molar-refractivity contribution >= 4 is 5.91 Å². The lowest BCUT2D eigenvalue weighted by Crippen LogP contribution is -2.26. The average molecular weight is 249 g/mol. The zero-order valence-electron chi connectivity index (χ0n) is 10.9. The van der Waals surface area contributed by atoms with Crippen LogP contribution in [0.25, 0.3) is 0 Å². The molecular weight excluding hydrogens is 230 g/mol. The van der Waals surface area contributed by atoms with Gasteiger partial charge in [-0.15, -0.1) is 0 Å². The second-order valence-electron chi connectivity index (χ2n) is 4.44. The second kappa shape index (κ2) is 5.76. The van der Waals surface area contributed by atoms with Gasteiger partial charge in [-0.25, -0.2) is 0 Å². The summed E-state index contributed by atoms with van der Waals surface area (Å²) in [6.07, 6.45) is 1.43. The fraction of sp³-hybridized carbons (Fsp3) is 0.500. The Bertz CT molecular complexity index is 431. The van der Waals surface area contributed by atoms with E-state index in [1.165, 1.54) is 0 Å². The van der Waals surface area contributed by atoms with E-state index < -0.39 is 0 Å². The van der Waals surface area contributed by atoms with Gasteiger partial charge < -0.3 is 14.8 Å². The van der Waals surface area contributed by atoms with E-state index in [1.807, 2.05) is 32.0 Å². The molecule has 1 aromatic carbocycles. The molecule has 18 heavy (non-hydrogen) atoms. The lowest BCUT2D eigenvalue weighted by Gasteiger charge is -2.21. The Morgan fingerprint density at radius 1 is 1.33 bits per heavy atom. The van der Waals surface area contributed by atoms with Crippen LogP contribution in [0.5, 0.6) is 11.5 Å². The molecule has 98 valence electrons. The molecule has 0 saturated carbocycles. The van der Waals surface area contributed by atoms with E-state index in [4.69, 9.17) is 9.47 Å². The molecule has 1 aliphatic heterocycles. The number of hydrogen-bond donors (Lipinski definition) is 1. The molecular formula is C14H19NO3. The minimum absolute atomic E-state index is 0.0140. The van der Waals surface area contributed by atoms with Crippen molar-refractivity contribution in [3.8, 4) is 11.5 Å². The SMILES string of the molecule is CCCC(=O)NC(C)c1ccc2c(c1)OCCO2. The van der Waals surface area contributed by atoms with Crippen LogP contribution in [0.3, 0.4) is 0 Å². The molecule has 0 spiro atoms. The van der Waals surface area contributed by atoms with E-state index in [1.54, 1.807) is 0 Å². The highest BCUT2D eigenvalue weighted by Crippen LogP contribution is 2.32. The van der Waals surface area contributed by atoms with Crippen molar-refractivity contribution in [1.29, 1.82) is 0 Å². The van der Waals surface area contributed by atoms with E-state index in [0.29, 0.717) is 19.6 Å². The highest BCUT2D eigenvalue weighted by Gasteiger charge is 2.15. The molecule has 0 aromatic heterocycles. The van der Waals surface area contributed by atoms with Gasteiger partial charge in [0.05, 0.1) is 6.04 Å². The molecule has 1 heterocycles. The van der Waals surface area contributed by atoms with Gasteiger partial charge in [-0.1, -0.05) is 13.0 Å². The minimum atomic E-state index is -0.0140. The summed E-state index contributed by atoms with van der Waals surface area (Å²) >= 11 is 0. The van der Waals surface area contributed by atoms with Gasteiger partial charge in [-0.3, -0.25) is 4.79 Å². The Morgan fingerprint density at radius 3 is 2.78 bits per heavy atom. The fourth-order valence-corrected chi connectivity index (χ4v) is 1.95. The van der Waals surface area contributed by atoms with Gasteiger partial charge in [0.25, 0.3) is 0 Å². The third-order valence-corrected chi connectivity index (χ3v) is 2.92. The van der Waals surface area contributed by atoms with Gasteiger partial charge in [0, 0.05) is 6.42 Å². The maximum absolute atomic E-state index is 11.5. The molecule has 1 aromatic rings. The lowest BCUT2D eigenvalue weighted by molar-refractivity contribution is -0.121. The van der Waals surface area contributed by atoms with Gasteiger partial charge in [0.15, 0.2) is 11.5 Å². The summed E-state index contributed by atoms with van der Waals surface area (Å²) in [7, 11) is 0. The first-order chi connectivity index (χ1) is 8.70. The van der Waals surface area contributed by atoms with Crippen LogP contribution in [0, 0.1) is 0 Å². The Morgan fingerprint density at radius 2 is 2.06 bits per heavy atom. The third-order valence-electron chi connectivity index (χ3n) is 2.92. The zero-order valence-corrected chi connectivity index (χ0v) is 10.9.